The van der Waals surface area contributed by atoms with E-state index in [9.17, 15) is 0 Å². The van der Waals surface area contributed by atoms with E-state index in [1.54, 1.807) is 0 Å². The van der Waals surface area contributed by atoms with Crippen molar-refractivity contribution < 1.29 is 4.74 Å². The molecule has 1 N–H and O–H groups in total. The summed E-state index contributed by atoms with van der Waals surface area (Å²) >= 11 is 3.41. The van der Waals surface area contributed by atoms with Crippen LogP contribution in [0, 0.1) is 0 Å². The van der Waals surface area contributed by atoms with Crippen LogP contribution in [0.25, 0.3) is 0 Å². The first-order valence-corrected chi connectivity index (χ1v) is 7.67. The number of hydrogen-bond acceptors (Lipinski definition) is 3. The van der Waals surface area contributed by atoms with E-state index in [1.807, 2.05) is 30.6 Å². The summed E-state index contributed by atoms with van der Waals surface area (Å²) in [5.41, 5.74) is 1.12. The predicted octanol–water partition coefficient (Wildman–Crippen LogP) is 2.88. The van der Waals surface area contributed by atoms with Crippen LogP contribution in [0.15, 0.2) is 41.3 Å². The molecule has 0 spiro atoms. The topological polar surface area (TPSA) is 39.1 Å². The molecule has 0 aliphatic carbocycles. The first kappa shape index (κ1) is 15.1. The second-order valence-corrected chi connectivity index (χ2v) is 5.42. The van der Waals surface area contributed by atoms with Gasteiger partial charge in [-0.15, -0.1) is 0 Å². The van der Waals surface area contributed by atoms with Crippen LogP contribution in [0.2, 0.25) is 0 Å². The Morgan fingerprint density at radius 3 is 2.85 bits per heavy atom. The van der Waals surface area contributed by atoms with Gasteiger partial charge in [0.1, 0.15) is 12.4 Å². The van der Waals surface area contributed by atoms with Gasteiger partial charge in [-0.25, -0.2) is 4.98 Å². The third-order valence-electron chi connectivity index (χ3n) is 2.93. The second-order valence-electron chi connectivity index (χ2n) is 4.51. The number of hydrogen-bond donors (Lipinski definition) is 1. The zero-order valence-corrected chi connectivity index (χ0v) is 13.3. The molecule has 0 atom stereocenters. The van der Waals surface area contributed by atoms with Crippen LogP contribution in [0.5, 0.6) is 5.75 Å². The molecule has 0 saturated heterocycles. The van der Waals surface area contributed by atoms with Crippen LogP contribution < -0.4 is 10.1 Å². The number of likely N-dealkylation sites (N-methyl/N-ethyl adjacent to an activating group) is 1. The Morgan fingerprint density at radius 2 is 2.10 bits per heavy atom. The quantitative estimate of drug-likeness (QED) is 0.753. The van der Waals surface area contributed by atoms with Gasteiger partial charge in [0, 0.05) is 23.6 Å². The van der Waals surface area contributed by atoms with Crippen LogP contribution in [0.4, 0.5) is 0 Å². The number of halogens is 1. The first-order chi connectivity index (χ1) is 9.78. The van der Waals surface area contributed by atoms with Gasteiger partial charge in [0.15, 0.2) is 0 Å². The highest BCUT2D eigenvalue weighted by molar-refractivity contribution is 9.10. The van der Waals surface area contributed by atoms with E-state index in [0.717, 1.165) is 42.0 Å². The summed E-state index contributed by atoms with van der Waals surface area (Å²) in [5.74, 6) is 0.890. The minimum Gasteiger partial charge on any atom is -0.492 e. The third-order valence-corrected chi connectivity index (χ3v) is 3.46. The van der Waals surface area contributed by atoms with Crippen LogP contribution in [0.3, 0.4) is 0 Å². The molecular formula is C15H20BrN3O. The van der Waals surface area contributed by atoms with Crippen molar-refractivity contribution in [2.75, 3.05) is 19.7 Å². The molecular weight excluding hydrogens is 318 g/mol. The molecule has 1 aromatic heterocycles. The Hall–Kier alpha value is -1.33. The Balaban J connectivity index is 1.72. The Bertz CT molecular complexity index is 510. The lowest BCUT2D eigenvalue weighted by Gasteiger charge is -2.06. The molecule has 0 fully saturated rings. The van der Waals surface area contributed by atoms with Gasteiger partial charge in [-0.3, -0.25) is 0 Å². The van der Waals surface area contributed by atoms with Gasteiger partial charge in [0.05, 0.1) is 18.6 Å². The fourth-order valence-corrected chi connectivity index (χ4v) is 2.12. The molecule has 108 valence electrons. The van der Waals surface area contributed by atoms with E-state index >= 15 is 0 Å². The zero-order valence-electron chi connectivity index (χ0n) is 11.7. The molecule has 0 amide bonds. The third kappa shape index (κ3) is 4.98. The average Bonchev–Trinajstić information content (AvgIpc) is 2.89. The van der Waals surface area contributed by atoms with Gasteiger partial charge in [-0.05, 0) is 30.8 Å². The summed E-state index contributed by atoms with van der Waals surface area (Å²) in [7, 11) is 0. The molecule has 2 aromatic rings. The lowest BCUT2D eigenvalue weighted by atomic mass is 10.3. The maximum atomic E-state index is 5.69. The molecule has 0 saturated carbocycles. The summed E-state index contributed by atoms with van der Waals surface area (Å²) < 4.78 is 8.82. The highest BCUT2D eigenvalue weighted by Gasteiger charge is 1.99. The van der Waals surface area contributed by atoms with Crippen LogP contribution >= 0.6 is 15.9 Å². The van der Waals surface area contributed by atoms with Crippen LogP contribution in [-0.2, 0) is 13.0 Å². The molecule has 1 aromatic carbocycles. The minimum absolute atomic E-state index is 0.643. The van der Waals surface area contributed by atoms with E-state index in [0.29, 0.717) is 6.61 Å². The predicted molar refractivity (Wildman–Crippen MR) is 84.1 cm³/mol. The standard InChI is InChI=1S/C15H20BrN3O/c1-2-17-8-7-14-11-19(12-18-14)9-10-20-15-5-3-13(16)4-6-15/h3-6,11-12,17H,2,7-10H2,1H3. The van der Waals surface area contributed by atoms with Crippen molar-refractivity contribution in [2.45, 2.75) is 19.9 Å². The fraction of sp³-hybridized carbons (Fsp3) is 0.400. The van der Waals surface area contributed by atoms with E-state index < -0.39 is 0 Å². The van der Waals surface area contributed by atoms with Gasteiger partial charge in [-0.2, -0.15) is 0 Å². The second kappa shape index (κ2) is 8.07. The maximum Gasteiger partial charge on any atom is 0.119 e. The number of ether oxygens (including phenoxy) is 1. The van der Waals surface area contributed by atoms with Crippen molar-refractivity contribution in [3.63, 3.8) is 0 Å². The largest absolute Gasteiger partial charge is 0.492 e. The molecule has 4 nitrogen and oxygen atoms in total. The molecule has 0 aliphatic rings. The maximum absolute atomic E-state index is 5.69. The highest BCUT2D eigenvalue weighted by atomic mass is 79.9. The number of nitrogens with zero attached hydrogens (tertiary/aromatic N) is 2. The van der Waals surface area contributed by atoms with E-state index in [-0.39, 0.29) is 0 Å². The Morgan fingerprint density at radius 1 is 1.30 bits per heavy atom. The fourth-order valence-electron chi connectivity index (χ4n) is 1.85. The molecule has 1 heterocycles. The van der Waals surface area contributed by atoms with Crippen molar-refractivity contribution in [3.8, 4) is 5.75 Å². The van der Waals surface area contributed by atoms with E-state index in [2.05, 4.69) is 43.9 Å². The lowest BCUT2D eigenvalue weighted by molar-refractivity contribution is 0.298. The summed E-state index contributed by atoms with van der Waals surface area (Å²) in [6, 6.07) is 7.87. The van der Waals surface area contributed by atoms with E-state index in [4.69, 9.17) is 4.74 Å². The number of imidazole rings is 1. The van der Waals surface area contributed by atoms with Gasteiger partial charge >= 0.3 is 0 Å². The molecule has 20 heavy (non-hydrogen) atoms. The van der Waals surface area contributed by atoms with Crippen molar-refractivity contribution in [2.24, 2.45) is 0 Å². The zero-order chi connectivity index (χ0) is 14.2. The Kier molecular flexibility index (Phi) is 6.08. The first-order valence-electron chi connectivity index (χ1n) is 6.87. The minimum atomic E-state index is 0.643. The molecule has 0 radical (unpaired) electrons. The molecule has 0 aliphatic heterocycles. The molecule has 2 rings (SSSR count). The number of nitrogens with one attached hydrogen (secondary N) is 1. The number of benzene rings is 1. The van der Waals surface area contributed by atoms with Crippen molar-refractivity contribution in [1.82, 2.24) is 14.9 Å². The van der Waals surface area contributed by atoms with Gasteiger partial charge in [0.25, 0.3) is 0 Å². The highest BCUT2D eigenvalue weighted by Crippen LogP contribution is 2.15. The summed E-state index contributed by atoms with van der Waals surface area (Å²) in [6.45, 7) is 5.54. The SMILES string of the molecule is CCNCCc1cn(CCOc2ccc(Br)cc2)cn1. The molecule has 0 unspecified atom stereocenters. The number of aromatic nitrogens is 2. The summed E-state index contributed by atoms with van der Waals surface area (Å²) in [5, 5.41) is 3.30. The smallest absolute Gasteiger partial charge is 0.119 e. The summed E-state index contributed by atoms with van der Waals surface area (Å²) in [4.78, 5) is 4.39. The van der Waals surface area contributed by atoms with E-state index in [1.165, 1.54) is 0 Å². The van der Waals surface area contributed by atoms with Crippen molar-refractivity contribution >= 4 is 15.9 Å². The van der Waals surface area contributed by atoms with Gasteiger partial charge in [0.2, 0.25) is 0 Å². The molecule has 0 bridgehead atoms. The monoisotopic (exact) mass is 337 g/mol. The lowest BCUT2D eigenvalue weighted by Crippen LogP contribution is -2.16. The normalized spacial score (nSPS) is 10.7. The van der Waals surface area contributed by atoms with Crippen molar-refractivity contribution in [1.29, 1.82) is 0 Å². The average molecular weight is 338 g/mol. The van der Waals surface area contributed by atoms with Crippen LogP contribution in [0.1, 0.15) is 12.6 Å². The summed E-state index contributed by atoms with van der Waals surface area (Å²) in [6.07, 6.45) is 4.92. The number of rotatable bonds is 8. The molecule has 5 heteroatoms. The van der Waals surface area contributed by atoms with Crippen molar-refractivity contribution in [3.05, 3.63) is 47.0 Å². The van der Waals surface area contributed by atoms with Gasteiger partial charge < -0.3 is 14.6 Å². The Labute approximate surface area is 128 Å². The van der Waals surface area contributed by atoms with Crippen LogP contribution in [-0.4, -0.2) is 29.2 Å². The van der Waals surface area contributed by atoms with Gasteiger partial charge in [-0.1, -0.05) is 22.9 Å².